The molecule has 0 radical (unpaired) electrons. The van der Waals surface area contributed by atoms with E-state index in [2.05, 4.69) is 21.4 Å². The second-order valence-electron chi connectivity index (χ2n) is 8.03. The minimum atomic E-state index is -3.87. The Kier molecular flexibility index (Phi) is 5.42. The van der Waals surface area contributed by atoms with Crippen LogP contribution in [0.3, 0.4) is 0 Å². The summed E-state index contributed by atoms with van der Waals surface area (Å²) in [6.07, 6.45) is 6.28. The monoisotopic (exact) mass is 420 g/mol. The summed E-state index contributed by atoms with van der Waals surface area (Å²) in [5, 5.41) is 4.74. The van der Waals surface area contributed by atoms with Gasteiger partial charge in [0.1, 0.15) is 0 Å². The third kappa shape index (κ3) is 3.92. The van der Waals surface area contributed by atoms with Gasteiger partial charge >= 0.3 is 12.1 Å². The molecule has 1 heterocycles. The maximum Gasteiger partial charge on any atom is 0.332 e. The lowest BCUT2D eigenvalue weighted by atomic mass is 9.99. The molecule has 8 nitrogen and oxygen atoms in total. The van der Waals surface area contributed by atoms with Crippen molar-refractivity contribution in [3.8, 4) is 0 Å². The summed E-state index contributed by atoms with van der Waals surface area (Å²) >= 11 is 0. The Hall–Kier alpha value is -2.29. The van der Waals surface area contributed by atoms with Gasteiger partial charge in [-0.2, -0.15) is 0 Å². The molecule has 1 fully saturated rings. The van der Waals surface area contributed by atoms with Gasteiger partial charge in [0.05, 0.1) is 5.25 Å². The van der Waals surface area contributed by atoms with E-state index in [1.807, 2.05) is 6.92 Å². The first kappa shape index (κ1) is 20.0. The maximum absolute atomic E-state index is 12.7. The van der Waals surface area contributed by atoms with E-state index in [4.69, 9.17) is 0 Å². The number of anilines is 1. The number of rotatable bonds is 4. The van der Waals surface area contributed by atoms with Crippen molar-refractivity contribution >= 4 is 27.8 Å². The molecular weight excluding hydrogens is 392 g/mol. The second-order valence-corrected chi connectivity index (χ2v) is 9.99. The molecular formula is C20H28N4O4S. The second kappa shape index (κ2) is 7.85. The van der Waals surface area contributed by atoms with E-state index in [1.54, 1.807) is 0 Å². The van der Waals surface area contributed by atoms with Crippen LogP contribution < -0.4 is 15.4 Å². The van der Waals surface area contributed by atoms with Crippen LogP contribution in [0, 0.1) is 0 Å². The van der Waals surface area contributed by atoms with E-state index >= 15 is 0 Å². The topological polar surface area (TPSA) is 108 Å². The van der Waals surface area contributed by atoms with Crippen LogP contribution in [0.5, 0.6) is 0 Å². The number of fused-ring (bicyclic) bond motifs is 2. The lowest BCUT2D eigenvalue weighted by Gasteiger charge is -2.19. The Bertz CT molecular complexity index is 912. The molecule has 9 heteroatoms. The third-order valence-corrected chi connectivity index (χ3v) is 7.88. The number of hydrogen-bond acceptors (Lipinski definition) is 4. The van der Waals surface area contributed by atoms with E-state index in [1.165, 1.54) is 16.0 Å². The van der Waals surface area contributed by atoms with Crippen molar-refractivity contribution in [3.05, 3.63) is 28.3 Å². The number of amides is 4. The van der Waals surface area contributed by atoms with E-state index in [9.17, 15) is 18.0 Å². The van der Waals surface area contributed by atoms with Crippen molar-refractivity contribution in [2.24, 2.45) is 0 Å². The molecule has 0 spiro atoms. The Morgan fingerprint density at radius 2 is 1.76 bits per heavy atom. The quantitative estimate of drug-likeness (QED) is 0.692. The molecule has 4 rings (SSSR count). The van der Waals surface area contributed by atoms with Gasteiger partial charge in [0.2, 0.25) is 10.0 Å². The number of aryl methyl sites for hydroxylation is 2. The average Bonchev–Trinajstić information content (AvgIpc) is 3.41. The highest BCUT2D eigenvalue weighted by atomic mass is 32.2. The molecule has 3 N–H and O–H groups in total. The molecule has 0 saturated carbocycles. The summed E-state index contributed by atoms with van der Waals surface area (Å²) in [5.41, 5.74) is 5.67. The summed E-state index contributed by atoms with van der Waals surface area (Å²) in [6, 6.07) is 1.28. The number of carbonyl (C=O) groups is 2. The highest BCUT2D eigenvalue weighted by Gasteiger charge is 2.36. The van der Waals surface area contributed by atoms with Crippen molar-refractivity contribution in [2.45, 2.75) is 57.1 Å². The molecule has 4 amide bonds. The highest BCUT2D eigenvalue weighted by molar-refractivity contribution is 7.90. The van der Waals surface area contributed by atoms with Crippen molar-refractivity contribution < 1.29 is 18.0 Å². The zero-order chi connectivity index (χ0) is 20.6. The fourth-order valence-corrected chi connectivity index (χ4v) is 6.02. The van der Waals surface area contributed by atoms with E-state index in [-0.39, 0.29) is 12.6 Å². The van der Waals surface area contributed by atoms with Gasteiger partial charge in [0, 0.05) is 25.3 Å². The van der Waals surface area contributed by atoms with Crippen LogP contribution in [0.2, 0.25) is 0 Å². The maximum atomic E-state index is 12.7. The van der Waals surface area contributed by atoms with Crippen LogP contribution in [0.25, 0.3) is 0 Å². The number of nitrogens with zero attached hydrogens (tertiary/aromatic N) is 1. The number of urea groups is 2. The van der Waals surface area contributed by atoms with Gasteiger partial charge < -0.3 is 15.5 Å². The Morgan fingerprint density at radius 3 is 2.38 bits per heavy atom. The first-order chi connectivity index (χ1) is 13.9. The van der Waals surface area contributed by atoms with Gasteiger partial charge in [0.15, 0.2) is 0 Å². The van der Waals surface area contributed by atoms with Crippen molar-refractivity contribution in [2.75, 3.05) is 25.0 Å². The summed E-state index contributed by atoms with van der Waals surface area (Å²) < 4.78 is 27.6. The fraction of sp³-hybridized carbons (Fsp3) is 0.600. The SMILES string of the molecule is CCNC(=O)N1CCC(S(=O)(=O)NC(=O)Nc2c3c(cc4c2CCC4)CCC3)C1. The first-order valence-corrected chi connectivity index (χ1v) is 12.0. The van der Waals surface area contributed by atoms with Crippen LogP contribution in [0.15, 0.2) is 6.07 Å². The Labute approximate surface area is 171 Å². The molecule has 0 aromatic heterocycles. The lowest BCUT2D eigenvalue weighted by Crippen LogP contribution is -2.44. The molecule has 1 aromatic carbocycles. The summed E-state index contributed by atoms with van der Waals surface area (Å²) in [6.45, 7) is 2.74. The lowest BCUT2D eigenvalue weighted by molar-refractivity contribution is 0.209. The van der Waals surface area contributed by atoms with Crippen LogP contribution in [0.1, 0.15) is 48.4 Å². The number of nitrogens with one attached hydrogen (secondary N) is 3. The smallest absolute Gasteiger partial charge is 0.332 e. The molecule has 1 aliphatic heterocycles. The molecule has 29 heavy (non-hydrogen) atoms. The van der Waals surface area contributed by atoms with Gasteiger partial charge in [-0.25, -0.2) is 22.7 Å². The molecule has 3 aliphatic rings. The van der Waals surface area contributed by atoms with Gasteiger partial charge in [-0.3, -0.25) is 0 Å². The summed E-state index contributed by atoms with van der Waals surface area (Å²) in [7, 11) is -3.87. The minimum Gasteiger partial charge on any atom is -0.338 e. The normalized spacial score (nSPS) is 20.3. The summed E-state index contributed by atoms with van der Waals surface area (Å²) in [5.74, 6) is 0. The molecule has 0 bridgehead atoms. The number of carbonyl (C=O) groups excluding carboxylic acids is 2. The highest BCUT2D eigenvalue weighted by Crippen LogP contribution is 2.38. The van der Waals surface area contributed by atoms with E-state index < -0.39 is 21.3 Å². The van der Waals surface area contributed by atoms with Crippen molar-refractivity contribution in [3.63, 3.8) is 0 Å². The van der Waals surface area contributed by atoms with Gasteiger partial charge in [0.25, 0.3) is 0 Å². The zero-order valence-corrected chi connectivity index (χ0v) is 17.5. The van der Waals surface area contributed by atoms with Gasteiger partial charge in [-0.15, -0.1) is 0 Å². The van der Waals surface area contributed by atoms with Crippen LogP contribution in [0.4, 0.5) is 15.3 Å². The third-order valence-electron chi connectivity index (χ3n) is 6.15. The fourth-order valence-electron chi connectivity index (χ4n) is 4.75. The minimum absolute atomic E-state index is 0.0879. The molecule has 2 aliphatic carbocycles. The number of hydrogen-bond donors (Lipinski definition) is 3. The van der Waals surface area contributed by atoms with E-state index in [0.717, 1.165) is 55.3 Å². The number of likely N-dealkylation sites (tertiary alicyclic amines) is 1. The van der Waals surface area contributed by atoms with Gasteiger partial charge in [-0.1, -0.05) is 6.07 Å². The predicted molar refractivity (Wildman–Crippen MR) is 111 cm³/mol. The molecule has 158 valence electrons. The molecule has 1 saturated heterocycles. The number of sulfonamides is 1. The largest absolute Gasteiger partial charge is 0.338 e. The Balaban J connectivity index is 1.45. The average molecular weight is 421 g/mol. The molecule has 1 atom stereocenters. The standard InChI is InChI=1S/C20H28N4O4S/c1-2-21-20(26)24-10-9-15(12-24)29(27,28)23-19(25)22-18-16-7-3-5-13(16)11-14-6-4-8-17(14)18/h11,15H,2-10,12H2,1H3,(H,21,26)(H2,22,23,25). The molecule has 1 aromatic rings. The predicted octanol–water partition coefficient (Wildman–Crippen LogP) is 1.92. The van der Waals surface area contributed by atoms with E-state index in [0.29, 0.717) is 19.5 Å². The van der Waals surface area contributed by atoms with Crippen molar-refractivity contribution in [1.29, 1.82) is 0 Å². The Morgan fingerprint density at radius 1 is 1.10 bits per heavy atom. The van der Waals surface area contributed by atoms with Crippen LogP contribution in [-0.2, 0) is 35.7 Å². The zero-order valence-electron chi connectivity index (χ0n) is 16.7. The summed E-state index contributed by atoms with van der Waals surface area (Å²) in [4.78, 5) is 26.0. The van der Waals surface area contributed by atoms with Gasteiger partial charge in [-0.05, 0) is 74.1 Å². The van der Waals surface area contributed by atoms with Crippen LogP contribution in [-0.4, -0.2) is 50.3 Å². The van der Waals surface area contributed by atoms with Crippen LogP contribution >= 0.6 is 0 Å². The van der Waals surface area contributed by atoms with Crippen molar-refractivity contribution in [1.82, 2.24) is 14.9 Å². The number of benzene rings is 1. The first-order valence-electron chi connectivity index (χ1n) is 10.4. The molecule has 1 unspecified atom stereocenters.